The molecular weight excluding hydrogens is 354 g/mol. The van der Waals surface area contributed by atoms with Crippen molar-refractivity contribution >= 4 is 5.91 Å². The van der Waals surface area contributed by atoms with Crippen LogP contribution in [0.15, 0.2) is 41.2 Å². The monoisotopic (exact) mass is 381 g/mol. The fraction of sp³-hybridized carbons (Fsp3) is 0.381. The molecule has 0 bridgehead atoms. The number of aromatic nitrogens is 3. The summed E-state index contributed by atoms with van der Waals surface area (Å²) in [6.45, 7) is 7.71. The van der Waals surface area contributed by atoms with Crippen molar-refractivity contribution < 1.29 is 9.32 Å². The summed E-state index contributed by atoms with van der Waals surface area (Å²) in [5.41, 5.74) is 3.50. The first-order valence-corrected chi connectivity index (χ1v) is 9.32. The van der Waals surface area contributed by atoms with E-state index in [1.807, 2.05) is 68.6 Å². The molecule has 0 aromatic carbocycles. The van der Waals surface area contributed by atoms with Crippen molar-refractivity contribution in [3.8, 4) is 5.82 Å². The van der Waals surface area contributed by atoms with Gasteiger partial charge in [0, 0.05) is 49.5 Å². The minimum Gasteiger partial charge on any atom is -0.360 e. The molecule has 0 spiro atoms. The van der Waals surface area contributed by atoms with Gasteiger partial charge in [-0.25, -0.2) is 0 Å². The molecule has 7 heteroatoms. The van der Waals surface area contributed by atoms with Crippen LogP contribution in [0.1, 0.15) is 33.1 Å². The zero-order valence-electron chi connectivity index (χ0n) is 17.1. The Morgan fingerprint density at radius 3 is 2.57 bits per heavy atom. The quantitative estimate of drug-likeness (QED) is 0.629. The summed E-state index contributed by atoms with van der Waals surface area (Å²) in [5.74, 6) is 1.43. The van der Waals surface area contributed by atoms with Gasteiger partial charge in [-0.15, -0.1) is 0 Å². The smallest absolute Gasteiger partial charge is 0.256 e. The fourth-order valence-electron chi connectivity index (χ4n) is 3.25. The van der Waals surface area contributed by atoms with E-state index >= 15 is 0 Å². The van der Waals surface area contributed by atoms with Crippen LogP contribution in [0.25, 0.3) is 5.82 Å². The SMILES string of the molecule is Cc1cc(-n2c(C)cc(C(=O)N(CCN(C)C)Cc3cccnc3)c2C)no1. The summed E-state index contributed by atoms with van der Waals surface area (Å²) >= 11 is 0. The van der Waals surface area contributed by atoms with E-state index in [2.05, 4.69) is 15.0 Å². The Morgan fingerprint density at radius 1 is 1.18 bits per heavy atom. The maximum atomic E-state index is 13.4. The first-order chi connectivity index (χ1) is 13.4. The summed E-state index contributed by atoms with van der Waals surface area (Å²) < 4.78 is 7.17. The molecule has 0 radical (unpaired) electrons. The molecule has 0 aliphatic heterocycles. The molecule has 3 aromatic rings. The molecule has 3 rings (SSSR count). The molecule has 0 saturated carbocycles. The topological polar surface area (TPSA) is 67.4 Å². The highest BCUT2D eigenvalue weighted by molar-refractivity contribution is 5.96. The maximum Gasteiger partial charge on any atom is 0.256 e. The Morgan fingerprint density at radius 2 is 1.96 bits per heavy atom. The van der Waals surface area contributed by atoms with Crippen molar-refractivity contribution in [3.63, 3.8) is 0 Å². The first-order valence-electron chi connectivity index (χ1n) is 9.32. The number of carbonyl (C=O) groups excluding carboxylic acids is 1. The molecule has 1 amide bonds. The number of hydrogen-bond acceptors (Lipinski definition) is 5. The Labute approximate surface area is 165 Å². The minimum atomic E-state index is 0.00488. The van der Waals surface area contributed by atoms with E-state index in [0.717, 1.165) is 29.3 Å². The zero-order chi connectivity index (χ0) is 20.3. The van der Waals surface area contributed by atoms with Crippen LogP contribution in [0.3, 0.4) is 0 Å². The molecule has 3 heterocycles. The molecule has 0 unspecified atom stereocenters. The van der Waals surface area contributed by atoms with Crippen LogP contribution in [0.4, 0.5) is 0 Å². The summed E-state index contributed by atoms with van der Waals surface area (Å²) in [6.07, 6.45) is 3.54. The molecule has 0 fully saturated rings. The lowest BCUT2D eigenvalue weighted by Gasteiger charge is -2.24. The van der Waals surface area contributed by atoms with Gasteiger partial charge in [-0.05, 0) is 52.6 Å². The van der Waals surface area contributed by atoms with E-state index in [0.29, 0.717) is 24.5 Å². The van der Waals surface area contributed by atoms with Crippen LogP contribution in [-0.4, -0.2) is 57.6 Å². The predicted octanol–water partition coefficient (Wildman–Crippen LogP) is 2.99. The molecule has 148 valence electrons. The third-order valence-corrected chi connectivity index (χ3v) is 4.71. The largest absolute Gasteiger partial charge is 0.360 e. The second kappa shape index (κ2) is 8.39. The van der Waals surface area contributed by atoms with Crippen molar-refractivity contribution in [1.82, 2.24) is 24.5 Å². The Bertz CT molecular complexity index is 943. The lowest BCUT2D eigenvalue weighted by Crippen LogP contribution is -2.36. The number of likely N-dealkylation sites (N-methyl/N-ethyl adjacent to an activating group) is 1. The summed E-state index contributed by atoms with van der Waals surface area (Å²) in [4.78, 5) is 21.5. The van der Waals surface area contributed by atoms with Crippen LogP contribution < -0.4 is 0 Å². The molecule has 0 saturated heterocycles. The van der Waals surface area contributed by atoms with E-state index < -0.39 is 0 Å². The van der Waals surface area contributed by atoms with Crippen molar-refractivity contribution in [2.45, 2.75) is 27.3 Å². The fourth-order valence-corrected chi connectivity index (χ4v) is 3.25. The number of pyridine rings is 1. The lowest BCUT2D eigenvalue weighted by atomic mass is 10.2. The number of carbonyl (C=O) groups is 1. The van der Waals surface area contributed by atoms with Crippen molar-refractivity contribution in [2.24, 2.45) is 0 Å². The van der Waals surface area contributed by atoms with Crippen molar-refractivity contribution in [1.29, 1.82) is 0 Å². The molecule has 28 heavy (non-hydrogen) atoms. The van der Waals surface area contributed by atoms with Gasteiger partial charge in [0.15, 0.2) is 5.82 Å². The molecular formula is C21H27N5O2. The highest BCUT2D eigenvalue weighted by Gasteiger charge is 2.23. The molecule has 3 aromatic heterocycles. The molecule has 0 atom stereocenters. The average molecular weight is 381 g/mol. The van der Waals surface area contributed by atoms with Gasteiger partial charge in [-0.1, -0.05) is 11.2 Å². The Balaban J connectivity index is 1.91. The predicted molar refractivity (Wildman–Crippen MR) is 108 cm³/mol. The van der Waals surface area contributed by atoms with E-state index in [1.54, 1.807) is 12.4 Å². The van der Waals surface area contributed by atoms with Gasteiger partial charge in [-0.2, -0.15) is 0 Å². The molecule has 0 aliphatic carbocycles. The van der Waals surface area contributed by atoms with E-state index in [1.165, 1.54) is 0 Å². The van der Waals surface area contributed by atoms with Crippen molar-refractivity contribution in [2.75, 3.05) is 27.2 Å². The first kappa shape index (κ1) is 19.8. The van der Waals surface area contributed by atoms with Crippen LogP contribution >= 0.6 is 0 Å². The normalized spacial score (nSPS) is 11.2. The number of rotatable bonds is 7. The second-order valence-electron chi connectivity index (χ2n) is 7.31. The number of amides is 1. The number of nitrogens with zero attached hydrogens (tertiary/aromatic N) is 5. The van der Waals surface area contributed by atoms with E-state index in [-0.39, 0.29) is 5.91 Å². The lowest BCUT2D eigenvalue weighted by molar-refractivity contribution is 0.0731. The number of hydrogen-bond donors (Lipinski definition) is 0. The van der Waals surface area contributed by atoms with Gasteiger partial charge in [-0.3, -0.25) is 14.3 Å². The van der Waals surface area contributed by atoms with Crippen LogP contribution in [0.2, 0.25) is 0 Å². The highest BCUT2D eigenvalue weighted by atomic mass is 16.5. The van der Waals surface area contributed by atoms with Crippen LogP contribution in [0, 0.1) is 20.8 Å². The molecule has 0 N–H and O–H groups in total. The second-order valence-corrected chi connectivity index (χ2v) is 7.31. The maximum absolute atomic E-state index is 13.4. The Hall–Kier alpha value is -2.93. The van der Waals surface area contributed by atoms with Gasteiger partial charge < -0.3 is 14.3 Å². The summed E-state index contributed by atoms with van der Waals surface area (Å²) in [5, 5.41) is 4.10. The van der Waals surface area contributed by atoms with E-state index in [9.17, 15) is 4.79 Å². The molecule has 7 nitrogen and oxygen atoms in total. The average Bonchev–Trinajstić information content (AvgIpc) is 3.21. The van der Waals surface area contributed by atoms with Crippen LogP contribution in [0.5, 0.6) is 0 Å². The summed E-state index contributed by atoms with van der Waals surface area (Å²) in [7, 11) is 4.01. The van der Waals surface area contributed by atoms with Gasteiger partial charge in [0.2, 0.25) is 0 Å². The summed E-state index contributed by atoms with van der Waals surface area (Å²) in [6, 6.07) is 7.67. The van der Waals surface area contributed by atoms with Gasteiger partial charge in [0.1, 0.15) is 5.76 Å². The van der Waals surface area contributed by atoms with Crippen molar-refractivity contribution in [3.05, 3.63) is 64.9 Å². The van der Waals surface area contributed by atoms with Gasteiger partial charge in [0.05, 0.1) is 5.56 Å². The number of aryl methyl sites for hydroxylation is 2. The van der Waals surface area contributed by atoms with Gasteiger partial charge in [0.25, 0.3) is 5.91 Å². The van der Waals surface area contributed by atoms with Gasteiger partial charge >= 0.3 is 0 Å². The third-order valence-electron chi connectivity index (χ3n) is 4.71. The standard InChI is InChI=1S/C21H27N5O2/c1-15-11-19(17(3)26(15)20-12-16(2)28-23-20)21(27)25(10-9-24(4)5)14-18-7-6-8-22-13-18/h6-8,11-13H,9-10,14H2,1-5H3. The Kier molecular flexibility index (Phi) is 5.94. The van der Waals surface area contributed by atoms with Crippen LogP contribution in [-0.2, 0) is 6.54 Å². The minimum absolute atomic E-state index is 0.00488. The molecule has 0 aliphatic rings. The highest BCUT2D eigenvalue weighted by Crippen LogP contribution is 2.22. The third kappa shape index (κ3) is 4.31. The zero-order valence-corrected chi connectivity index (χ0v) is 17.1. The van der Waals surface area contributed by atoms with E-state index in [4.69, 9.17) is 4.52 Å².